The highest BCUT2D eigenvalue weighted by Gasteiger charge is 2.72. The number of amides is 2. The molecule has 3 saturated heterocycles. The number of hydrazone groups is 1. The SMILES string of the molecule is Cc1cnc(N2C(=O)C3C4OC(C3C2=O)C2C4C(c3cnc4ccccc4n3)=NN2c2ccccc2)s1. The lowest BCUT2D eigenvalue weighted by Gasteiger charge is -2.32. The van der Waals surface area contributed by atoms with Crippen molar-refractivity contribution < 1.29 is 14.3 Å². The number of benzene rings is 2. The van der Waals surface area contributed by atoms with Crippen LogP contribution >= 0.6 is 11.3 Å². The van der Waals surface area contributed by atoms with Crippen molar-refractivity contribution in [1.82, 2.24) is 15.0 Å². The molecular formula is C27H20N6O3S. The Morgan fingerprint density at radius 3 is 2.32 bits per heavy atom. The zero-order chi connectivity index (χ0) is 24.8. The minimum absolute atomic E-state index is 0.225. The molecule has 10 heteroatoms. The molecule has 6 heterocycles. The second-order valence-electron chi connectivity index (χ2n) is 9.81. The summed E-state index contributed by atoms with van der Waals surface area (Å²) in [6.07, 6.45) is 2.47. The molecular weight excluding hydrogens is 488 g/mol. The summed E-state index contributed by atoms with van der Waals surface area (Å²) in [7, 11) is 0. The van der Waals surface area contributed by atoms with E-state index in [1.165, 1.54) is 16.2 Å². The summed E-state index contributed by atoms with van der Waals surface area (Å²) < 4.78 is 6.47. The van der Waals surface area contributed by atoms with Crippen LogP contribution in [0.5, 0.6) is 0 Å². The van der Waals surface area contributed by atoms with Crippen molar-refractivity contribution in [2.45, 2.75) is 25.2 Å². The van der Waals surface area contributed by atoms with Crippen LogP contribution in [0, 0.1) is 24.7 Å². The van der Waals surface area contributed by atoms with Crippen molar-refractivity contribution in [3.05, 3.63) is 77.6 Å². The Hall–Kier alpha value is -4.02. The zero-order valence-electron chi connectivity index (χ0n) is 19.6. The first-order valence-corrected chi connectivity index (χ1v) is 13.0. The molecule has 3 fully saturated rings. The number of ether oxygens (including phenoxy) is 1. The minimum Gasteiger partial charge on any atom is -0.370 e. The highest BCUT2D eigenvalue weighted by Crippen LogP contribution is 2.56. The van der Waals surface area contributed by atoms with Gasteiger partial charge >= 0.3 is 0 Å². The lowest BCUT2D eigenvalue weighted by Crippen LogP contribution is -2.50. The van der Waals surface area contributed by atoms with E-state index in [9.17, 15) is 9.59 Å². The van der Waals surface area contributed by atoms with Crippen molar-refractivity contribution in [2.75, 3.05) is 9.91 Å². The van der Waals surface area contributed by atoms with E-state index in [1.807, 2.05) is 66.5 Å². The minimum atomic E-state index is -0.572. The molecule has 4 aliphatic rings. The summed E-state index contributed by atoms with van der Waals surface area (Å²) in [6, 6.07) is 17.3. The predicted octanol–water partition coefficient (Wildman–Crippen LogP) is 3.19. The van der Waals surface area contributed by atoms with Gasteiger partial charge in [-0.1, -0.05) is 30.3 Å². The Kier molecular flexibility index (Phi) is 4.28. The number of para-hydroxylation sites is 3. The normalized spacial score (nSPS) is 29.8. The molecule has 8 rings (SSSR count). The van der Waals surface area contributed by atoms with Crippen LogP contribution in [0.25, 0.3) is 11.0 Å². The van der Waals surface area contributed by atoms with Gasteiger partial charge in [0.15, 0.2) is 5.13 Å². The third kappa shape index (κ3) is 2.82. The van der Waals surface area contributed by atoms with Gasteiger partial charge in [-0.15, -0.1) is 11.3 Å². The first-order chi connectivity index (χ1) is 18.1. The maximum Gasteiger partial charge on any atom is 0.242 e. The molecule has 2 amide bonds. The van der Waals surface area contributed by atoms with Crippen molar-refractivity contribution >= 4 is 50.7 Å². The molecule has 2 aromatic heterocycles. The van der Waals surface area contributed by atoms with E-state index in [4.69, 9.17) is 14.8 Å². The fourth-order valence-electron chi connectivity index (χ4n) is 6.36. The van der Waals surface area contributed by atoms with Crippen LogP contribution in [0.4, 0.5) is 10.8 Å². The molecule has 4 aliphatic heterocycles. The maximum absolute atomic E-state index is 13.7. The van der Waals surface area contributed by atoms with E-state index < -0.39 is 24.0 Å². The lowest BCUT2D eigenvalue weighted by molar-refractivity contribution is -0.125. The fraction of sp³-hybridized carbons (Fsp3) is 0.259. The largest absolute Gasteiger partial charge is 0.370 e. The third-order valence-electron chi connectivity index (χ3n) is 7.82. The van der Waals surface area contributed by atoms with E-state index in [1.54, 1.807) is 12.4 Å². The van der Waals surface area contributed by atoms with Gasteiger partial charge in [0.25, 0.3) is 0 Å². The summed E-state index contributed by atoms with van der Waals surface area (Å²) in [5.41, 5.74) is 3.87. The second-order valence-corrected chi connectivity index (χ2v) is 11.0. The number of anilines is 2. The van der Waals surface area contributed by atoms with E-state index in [-0.39, 0.29) is 23.8 Å². The second kappa shape index (κ2) is 7.50. The fourth-order valence-corrected chi connectivity index (χ4v) is 7.13. The Labute approximate surface area is 215 Å². The van der Waals surface area contributed by atoms with Gasteiger partial charge in [0.1, 0.15) is 5.69 Å². The number of carbonyl (C=O) groups is 2. The standard InChI is InChI=1S/C27H20N6O3S/c1-13-11-29-27(37-13)32-25(34)18-19(26(32)35)24-22-20(23(18)36-24)21(31-33(22)14-7-3-2-4-8-14)17-12-28-15-9-5-6-10-16(15)30-17/h2-12,18-20,22-24H,1H3. The Balaban J connectivity index is 1.25. The average Bonchev–Trinajstić information content (AvgIpc) is 3.72. The van der Waals surface area contributed by atoms with Crippen molar-refractivity contribution in [1.29, 1.82) is 0 Å². The smallest absolute Gasteiger partial charge is 0.242 e. The monoisotopic (exact) mass is 508 g/mol. The number of fused-ring (bicyclic) bond motifs is 9. The summed E-state index contributed by atoms with van der Waals surface area (Å²) in [5.74, 6) is -1.83. The highest BCUT2D eigenvalue weighted by atomic mass is 32.1. The van der Waals surface area contributed by atoms with Gasteiger partial charge in [-0.05, 0) is 31.2 Å². The van der Waals surface area contributed by atoms with Crippen molar-refractivity contribution in [3.63, 3.8) is 0 Å². The Morgan fingerprint density at radius 2 is 1.57 bits per heavy atom. The van der Waals surface area contributed by atoms with E-state index in [0.717, 1.165) is 27.3 Å². The van der Waals surface area contributed by atoms with Crippen LogP contribution in [0.15, 0.2) is 72.1 Å². The van der Waals surface area contributed by atoms with Gasteiger partial charge in [0, 0.05) is 11.1 Å². The average molecular weight is 509 g/mol. The molecule has 9 nitrogen and oxygen atoms in total. The highest BCUT2D eigenvalue weighted by molar-refractivity contribution is 7.16. The maximum atomic E-state index is 13.7. The van der Waals surface area contributed by atoms with Gasteiger partial charge in [0.05, 0.1) is 64.6 Å². The van der Waals surface area contributed by atoms with Gasteiger partial charge in [-0.3, -0.25) is 19.6 Å². The molecule has 4 aromatic rings. The summed E-state index contributed by atoms with van der Waals surface area (Å²) in [4.78, 5) is 43.3. The molecule has 0 aliphatic carbocycles. The Morgan fingerprint density at radius 1 is 0.838 bits per heavy atom. The number of imide groups is 1. The molecule has 2 aromatic carbocycles. The first kappa shape index (κ1) is 21.1. The van der Waals surface area contributed by atoms with Crippen molar-refractivity contribution in [2.24, 2.45) is 22.9 Å². The molecule has 37 heavy (non-hydrogen) atoms. The lowest BCUT2D eigenvalue weighted by atomic mass is 9.70. The van der Waals surface area contributed by atoms with Gasteiger partial charge < -0.3 is 4.74 Å². The molecule has 0 radical (unpaired) electrons. The van der Waals surface area contributed by atoms with Crippen LogP contribution in [0.3, 0.4) is 0 Å². The van der Waals surface area contributed by atoms with E-state index in [2.05, 4.69) is 9.97 Å². The number of hydrogen-bond acceptors (Lipinski definition) is 9. The van der Waals surface area contributed by atoms with Crippen molar-refractivity contribution in [3.8, 4) is 0 Å². The molecule has 182 valence electrons. The van der Waals surface area contributed by atoms with Gasteiger partial charge in [-0.25, -0.2) is 14.9 Å². The molecule has 6 atom stereocenters. The van der Waals surface area contributed by atoms with Gasteiger partial charge in [0.2, 0.25) is 11.8 Å². The molecule has 0 saturated carbocycles. The number of hydrogen-bond donors (Lipinski definition) is 0. The number of carbonyl (C=O) groups excluding carboxylic acids is 2. The molecule has 0 spiro atoms. The number of nitrogens with zero attached hydrogens (tertiary/aromatic N) is 6. The third-order valence-corrected chi connectivity index (χ3v) is 8.72. The van der Waals surface area contributed by atoms with E-state index in [0.29, 0.717) is 10.8 Å². The summed E-state index contributed by atoms with van der Waals surface area (Å²) >= 11 is 1.35. The van der Waals surface area contributed by atoms with Gasteiger partial charge in [-0.2, -0.15) is 5.10 Å². The molecule has 0 N–H and O–H groups in total. The quantitative estimate of drug-likeness (QED) is 0.392. The number of rotatable bonds is 3. The summed E-state index contributed by atoms with van der Waals surface area (Å²) in [6.45, 7) is 1.91. The van der Waals surface area contributed by atoms with Crippen LogP contribution < -0.4 is 9.91 Å². The van der Waals surface area contributed by atoms with Crippen LogP contribution in [-0.2, 0) is 14.3 Å². The molecule has 2 bridgehead atoms. The topological polar surface area (TPSA) is 101 Å². The van der Waals surface area contributed by atoms with Crippen LogP contribution in [0.2, 0.25) is 0 Å². The van der Waals surface area contributed by atoms with Crippen LogP contribution in [-0.4, -0.2) is 50.7 Å². The number of aryl methyl sites for hydroxylation is 1. The zero-order valence-corrected chi connectivity index (χ0v) is 20.4. The first-order valence-electron chi connectivity index (χ1n) is 12.2. The summed E-state index contributed by atoms with van der Waals surface area (Å²) in [5, 5.41) is 7.42. The van der Waals surface area contributed by atoms with E-state index >= 15 is 0 Å². The molecule has 6 unspecified atom stereocenters. The number of aromatic nitrogens is 3. The Bertz CT molecular complexity index is 1640. The predicted molar refractivity (Wildman–Crippen MR) is 137 cm³/mol. The number of thiazole rings is 1. The van der Waals surface area contributed by atoms with Crippen LogP contribution in [0.1, 0.15) is 10.6 Å².